The fourth-order valence-corrected chi connectivity index (χ4v) is 3.22. The molecule has 0 heterocycles. The number of hydrazone groups is 1. The molecule has 11 heteroatoms. The summed E-state index contributed by atoms with van der Waals surface area (Å²) in [5, 5.41) is 16.6. The number of nitrogens with zero attached hydrogens (tertiary/aromatic N) is 1. The van der Waals surface area contributed by atoms with Crippen molar-refractivity contribution < 1.29 is 32.5 Å². The van der Waals surface area contributed by atoms with Crippen LogP contribution in [0.15, 0.2) is 65.8 Å². The highest BCUT2D eigenvalue weighted by molar-refractivity contribution is 6.32. The van der Waals surface area contributed by atoms with Gasteiger partial charge >= 0.3 is 6.36 Å². The molecule has 0 unspecified atom stereocenters. The molecule has 1 amide bonds. The Morgan fingerprint density at radius 2 is 1.81 bits per heavy atom. The van der Waals surface area contributed by atoms with Crippen LogP contribution in [0.2, 0.25) is 5.02 Å². The molecule has 3 N–H and O–H groups in total. The van der Waals surface area contributed by atoms with Gasteiger partial charge in [-0.05, 0) is 72.1 Å². The van der Waals surface area contributed by atoms with Gasteiger partial charge in [-0.2, -0.15) is 5.10 Å². The van der Waals surface area contributed by atoms with Crippen molar-refractivity contribution in [1.82, 2.24) is 10.7 Å². The summed E-state index contributed by atoms with van der Waals surface area (Å²) in [5.74, 6) is -0.187. The predicted octanol–water partition coefficient (Wildman–Crippen LogP) is 5.19. The Bertz CT molecular complexity index is 1220. The van der Waals surface area contributed by atoms with Crippen LogP contribution in [0.1, 0.15) is 27.0 Å². The van der Waals surface area contributed by atoms with Crippen molar-refractivity contribution in [2.75, 3.05) is 13.2 Å². The predicted molar refractivity (Wildman–Crippen MR) is 130 cm³/mol. The number of amides is 1. The molecule has 0 aromatic heterocycles. The third-order valence-corrected chi connectivity index (χ3v) is 5.16. The molecule has 7 nitrogen and oxygen atoms in total. The number of hydrogen-bond acceptors (Lipinski definition) is 6. The van der Waals surface area contributed by atoms with Crippen molar-refractivity contribution in [3.05, 3.63) is 87.9 Å². The fraction of sp³-hybridized carbons (Fsp3) is 0.200. The van der Waals surface area contributed by atoms with Crippen LogP contribution in [0, 0.1) is 6.92 Å². The third kappa shape index (κ3) is 8.47. The number of ether oxygens (including phenoxy) is 2. The van der Waals surface area contributed by atoms with Gasteiger partial charge in [-0.3, -0.25) is 4.79 Å². The zero-order valence-corrected chi connectivity index (χ0v) is 19.9. The topological polar surface area (TPSA) is 92.2 Å². The Morgan fingerprint density at radius 3 is 2.47 bits per heavy atom. The van der Waals surface area contributed by atoms with Gasteiger partial charge in [0.25, 0.3) is 5.91 Å². The van der Waals surface area contributed by atoms with E-state index >= 15 is 0 Å². The molecule has 0 fully saturated rings. The van der Waals surface area contributed by atoms with Crippen molar-refractivity contribution in [3.8, 4) is 17.2 Å². The van der Waals surface area contributed by atoms with Crippen LogP contribution >= 0.6 is 11.6 Å². The second-order valence-corrected chi connectivity index (χ2v) is 8.01. The summed E-state index contributed by atoms with van der Waals surface area (Å²) in [4.78, 5) is 12.1. The van der Waals surface area contributed by atoms with Crippen molar-refractivity contribution in [3.63, 3.8) is 0 Å². The largest absolute Gasteiger partial charge is 0.573 e. The molecule has 0 spiro atoms. The first kappa shape index (κ1) is 26.8. The lowest BCUT2D eigenvalue weighted by Gasteiger charge is -2.11. The smallest absolute Gasteiger partial charge is 0.506 e. The summed E-state index contributed by atoms with van der Waals surface area (Å²) in [5.41, 5.74) is 5.14. The molecule has 0 radical (unpaired) electrons. The molecule has 0 saturated carbocycles. The number of phenolic OH excluding ortho intramolecular Hbond substituents is 1. The van der Waals surface area contributed by atoms with E-state index in [2.05, 4.69) is 20.6 Å². The van der Waals surface area contributed by atoms with E-state index in [1.807, 2.05) is 13.0 Å². The van der Waals surface area contributed by atoms with Gasteiger partial charge < -0.3 is 19.9 Å². The first-order chi connectivity index (χ1) is 17.1. The maximum Gasteiger partial charge on any atom is 0.573 e. The van der Waals surface area contributed by atoms with Crippen LogP contribution in [0.25, 0.3) is 0 Å². The lowest BCUT2D eigenvalue weighted by molar-refractivity contribution is -0.274. The van der Waals surface area contributed by atoms with Crippen LogP contribution in [0.4, 0.5) is 13.2 Å². The van der Waals surface area contributed by atoms with Gasteiger partial charge in [0.2, 0.25) is 0 Å². The lowest BCUT2D eigenvalue weighted by Crippen LogP contribution is -2.20. The monoisotopic (exact) mass is 521 g/mol. The van der Waals surface area contributed by atoms with Crippen molar-refractivity contribution in [1.29, 1.82) is 0 Å². The van der Waals surface area contributed by atoms with Gasteiger partial charge in [-0.15, -0.1) is 13.2 Å². The second-order valence-electron chi connectivity index (χ2n) is 7.60. The quantitative estimate of drug-likeness (QED) is 0.194. The van der Waals surface area contributed by atoms with Crippen molar-refractivity contribution in [2.45, 2.75) is 19.8 Å². The Labute approximate surface area is 210 Å². The zero-order valence-electron chi connectivity index (χ0n) is 19.1. The van der Waals surface area contributed by atoms with Gasteiger partial charge in [0.15, 0.2) is 0 Å². The van der Waals surface area contributed by atoms with E-state index in [1.54, 1.807) is 24.3 Å². The van der Waals surface area contributed by atoms with Gasteiger partial charge in [0, 0.05) is 18.7 Å². The molecule has 0 bridgehead atoms. The summed E-state index contributed by atoms with van der Waals surface area (Å²) < 4.78 is 46.2. The zero-order chi connectivity index (χ0) is 26.1. The van der Waals surface area contributed by atoms with E-state index in [0.29, 0.717) is 25.4 Å². The van der Waals surface area contributed by atoms with E-state index in [1.165, 1.54) is 36.5 Å². The Hall–Kier alpha value is -3.76. The van der Waals surface area contributed by atoms with Crippen LogP contribution < -0.4 is 20.2 Å². The summed E-state index contributed by atoms with van der Waals surface area (Å²) in [6.45, 7) is 3.25. The summed E-state index contributed by atoms with van der Waals surface area (Å²) in [7, 11) is 0. The average Bonchev–Trinajstić information content (AvgIpc) is 2.82. The SMILES string of the molecule is Cc1cc(OCCNCc2ccc(OC(F)(F)F)cc2)ccc1/C=N\NC(=O)c1ccc(O)c(Cl)c1. The third-order valence-electron chi connectivity index (χ3n) is 4.85. The molecular weight excluding hydrogens is 499 g/mol. The number of hydrogen-bond donors (Lipinski definition) is 3. The summed E-state index contributed by atoms with van der Waals surface area (Å²) in [6.07, 6.45) is -3.20. The molecule has 0 atom stereocenters. The van der Waals surface area contributed by atoms with Crippen molar-refractivity contribution >= 4 is 23.7 Å². The molecule has 0 aliphatic carbocycles. The number of benzene rings is 3. The fourth-order valence-electron chi connectivity index (χ4n) is 3.04. The number of carbonyl (C=O) groups excluding carboxylic acids is 1. The van der Waals surface area contributed by atoms with E-state index in [-0.39, 0.29) is 22.1 Å². The number of rotatable bonds is 10. The lowest BCUT2D eigenvalue weighted by atomic mass is 10.1. The molecule has 0 saturated heterocycles. The number of phenols is 1. The van der Waals surface area contributed by atoms with E-state index in [0.717, 1.165) is 16.7 Å². The Balaban J connectivity index is 1.40. The highest BCUT2D eigenvalue weighted by Gasteiger charge is 2.30. The number of nitrogens with one attached hydrogen (secondary N) is 2. The summed E-state index contributed by atoms with van der Waals surface area (Å²) >= 11 is 5.81. The Kier molecular flexibility index (Phi) is 9.15. The molecular formula is C25H23ClF3N3O4. The highest BCUT2D eigenvalue weighted by Crippen LogP contribution is 2.24. The number of carbonyl (C=O) groups is 1. The number of halogens is 4. The number of aromatic hydroxyl groups is 1. The van der Waals surface area contributed by atoms with Crippen LogP contribution in [-0.4, -0.2) is 36.7 Å². The minimum atomic E-state index is -4.71. The minimum absolute atomic E-state index is 0.0712. The average molecular weight is 522 g/mol. The van der Waals surface area contributed by atoms with Gasteiger partial charge in [0.1, 0.15) is 23.9 Å². The van der Waals surface area contributed by atoms with Crippen LogP contribution in [0.3, 0.4) is 0 Å². The molecule has 3 aromatic rings. The molecule has 3 rings (SSSR count). The first-order valence-corrected chi connectivity index (χ1v) is 11.1. The van der Waals surface area contributed by atoms with E-state index in [4.69, 9.17) is 16.3 Å². The molecule has 0 aliphatic rings. The Morgan fingerprint density at radius 1 is 1.08 bits per heavy atom. The highest BCUT2D eigenvalue weighted by atomic mass is 35.5. The van der Waals surface area contributed by atoms with Crippen molar-refractivity contribution in [2.24, 2.45) is 5.10 Å². The number of aryl methyl sites for hydroxylation is 1. The van der Waals surface area contributed by atoms with Crippen LogP contribution in [-0.2, 0) is 6.54 Å². The normalized spacial score (nSPS) is 11.5. The molecule has 36 heavy (non-hydrogen) atoms. The molecule has 0 aliphatic heterocycles. The van der Waals surface area contributed by atoms with Gasteiger partial charge in [-0.1, -0.05) is 23.7 Å². The van der Waals surface area contributed by atoms with E-state index in [9.17, 15) is 23.1 Å². The second kappa shape index (κ2) is 12.3. The first-order valence-electron chi connectivity index (χ1n) is 10.7. The van der Waals surface area contributed by atoms with E-state index < -0.39 is 12.3 Å². The van der Waals surface area contributed by atoms with Gasteiger partial charge in [0.05, 0.1) is 11.2 Å². The standard InChI is InChI=1S/C25H23ClF3N3O4/c1-16-12-21(35-11-10-30-14-17-2-6-20(7-3-17)36-25(27,28)29)8-4-19(16)15-31-32-24(34)18-5-9-23(33)22(26)13-18/h2-9,12-13,15,30,33H,10-11,14H2,1H3,(H,32,34)/b31-15-. The number of alkyl halides is 3. The maximum absolute atomic E-state index is 12.2. The van der Waals surface area contributed by atoms with Gasteiger partial charge in [-0.25, -0.2) is 5.43 Å². The maximum atomic E-state index is 12.2. The minimum Gasteiger partial charge on any atom is -0.506 e. The van der Waals surface area contributed by atoms with Crippen LogP contribution in [0.5, 0.6) is 17.2 Å². The molecule has 190 valence electrons. The molecule has 3 aromatic carbocycles. The summed E-state index contributed by atoms with van der Waals surface area (Å²) in [6, 6.07) is 15.2.